The lowest BCUT2D eigenvalue weighted by molar-refractivity contribution is -0.384. The molecule has 0 spiro atoms. The van der Waals surface area contributed by atoms with Crippen molar-refractivity contribution in [1.82, 2.24) is 19.6 Å². The van der Waals surface area contributed by atoms with Crippen molar-refractivity contribution >= 4 is 11.6 Å². The van der Waals surface area contributed by atoms with Crippen molar-refractivity contribution in [1.29, 1.82) is 0 Å². The predicted octanol–water partition coefficient (Wildman–Crippen LogP) is 3.14. The maximum absolute atomic E-state index is 13.5. The van der Waals surface area contributed by atoms with Crippen molar-refractivity contribution in [3.63, 3.8) is 0 Å². The van der Waals surface area contributed by atoms with Crippen molar-refractivity contribution in [2.75, 3.05) is 32.8 Å². The Kier molecular flexibility index (Phi) is 7.11. The number of amides is 1. The van der Waals surface area contributed by atoms with Gasteiger partial charge < -0.3 is 9.64 Å². The number of carbonyl (C=O) groups is 1. The van der Waals surface area contributed by atoms with Crippen molar-refractivity contribution < 1.29 is 14.5 Å². The van der Waals surface area contributed by atoms with Gasteiger partial charge in [-0.25, -0.2) is 4.68 Å². The van der Waals surface area contributed by atoms with E-state index < -0.39 is 4.92 Å². The van der Waals surface area contributed by atoms with E-state index in [0.717, 1.165) is 25.2 Å². The van der Waals surface area contributed by atoms with E-state index in [2.05, 4.69) is 16.9 Å². The zero-order valence-electron chi connectivity index (χ0n) is 18.5. The van der Waals surface area contributed by atoms with E-state index in [1.54, 1.807) is 29.1 Å². The molecule has 9 nitrogen and oxygen atoms in total. The molecule has 1 aromatic heterocycles. The van der Waals surface area contributed by atoms with Crippen molar-refractivity contribution in [2.45, 2.75) is 19.5 Å². The summed E-state index contributed by atoms with van der Waals surface area (Å²) in [7, 11) is 0. The van der Waals surface area contributed by atoms with Gasteiger partial charge in [0.2, 0.25) is 0 Å². The third kappa shape index (κ3) is 5.63. The summed E-state index contributed by atoms with van der Waals surface area (Å²) in [6, 6.07) is 17.6. The molecule has 33 heavy (non-hydrogen) atoms. The van der Waals surface area contributed by atoms with E-state index in [4.69, 9.17) is 4.74 Å². The first-order valence-electron chi connectivity index (χ1n) is 11.0. The van der Waals surface area contributed by atoms with Crippen molar-refractivity contribution in [2.24, 2.45) is 0 Å². The van der Waals surface area contributed by atoms with Crippen molar-refractivity contribution in [3.8, 4) is 5.69 Å². The van der Waals surface area contributed by atoms with Crippen LogP contribution in [0.15, 0.2) is 66.9 Å². The van der Waals surface area contributed by atoms with E-state index in [1.165, 1.54) is 12.1 Å². The van der Waals surface area contributed by atoms with Gasteiger partial charge in [-0.2, -0.15) is 5.10 Å². The molecular formula is C24H27N5O4. The molecule has 1 aliphatic rings. The van der Waals surface area contributed by atoms with Crippen LogP contribution in [0.2, 0.25) is 0 Å². The highest BCUT2D eigenvalue weighted by molar-refractivity contribution is 5.92. The summed E-state index contributed by atoms with van der Waals surface area (Å²) >= 11 is 0. The fourth-order valence-corrected chi connectivity index (χ4v) is 3.92. The smallest absolute Gasteiger partial charge is 0.274 e. The van der Waals surface area contributed by atoms with E-state index in [-0.39, 0.29) is 17.6 Å². The Morgan fingerprint density at radius 2 is 1.82 bits per heavy atom. The Morgan fingerprint density at radius 3 is 2.48 bits per heavy atom. The lowest BCUT2D eigenvalue weighted by atomic mass is 10.1. The minimum absolute atomic E-state index is 0.00757. The van der Waals surface area contributed by atoms with Crippen LogP contribution in [0.1, 0.15) is 23.0 Å². The summed E-state index contributed by atoms with van der Waals surface area (Å²) < 4.78 is 7.01. The zero-order valence-corrected chi connectivity index (χ0v) is 18.5. The summed E-state index contributed by atoms with van der Waals surface area (Å²) in [4.78, 5) is 28.2. The van der Waals surface area contributed by atoms with Gasteiger partial charge in [-0.3, -0.25) is 19.8 Å². The van der Waals surface area contributed by atoms with Gasteiger partial charge in [0.15, 0.2) is 5.69 Å². The number of nitro benzene ring substituents is 1. The molecule has 0 bridgehead atoms. The summed E-state index contributed by atoms with van der Waals surface area (Å²) in [6.07, 6.45) is 1.70. The maximum atomic E-state index is 13.5. The van der Waals surface area contributed by atoms with Crippen LogP contribution in [0, 0.1) is 10.1 Å². The second-order valence-corrected chi connectivity index (χ2v) is 8.10. The maximum Gasteiger partial charge on any atom is 0.274 e. The number of rotatable bonds is 8. The Labute approximate surface area is 192 Å². The molecule has 9 heteroatoms. The molecule has 0 saturated carbocycles. The van der Waals surface area contributed by atoms with Crippen LogP contribution in [-0.2, 0) is 11.3 Å². The minimum atomic E-state index is -0.445. The summed E-state index contributed by atoms with van der Waals surface area (Å²) in [5.41, 5.74) is 2.04. The second-order valence-electron chi connectivity index (χ2n) is 8.10. The molecule has 1 atom stereocenters. The van der Waals surface area contributed by atoms with Crippen LogP contribution >= 0.6 is 0 Å². The largest absolute Gasteiger partial charge is 0.379 e. The van der Waals surface area contributed by atoms with Gasteiger partial charge in [0, 0.05) is 50.6 Å². The van der Waals surface area contributed by atoms with E-state index in [1.807, 2.05) is 35.2 Å². The molecule has 1 saturated heterocycles. The van der Waals surface area contributed by atoms with Gasteiger partial charge in [-0.05, 0) is 30.7 Å². The number of ether oxygens (including phenoxy) is 1. The van der Waals surface area contributed by atoms with Crippen LogP contribution in [0.25, 0.3) is 5.69 Å². The highest BCUT2D eigenvalue weighted by Crippen LogP contribution is 2.17. The Morgan fingerprint density at radius 1 is 1.12 bits per heavy atom. The third-order valence-electron chi connectivity index (χ3n) is 5.75. The van der Waals surface area contributed by atoms with Gasteiger partial charge in [-0.15, -0.1) is 0 Å². The first-order valence-corrected chi connectivity index (χ1v) is 11.0. The van der Waals surface area contributed by atoms with Gasteiger partial charge in [-0.1, -0.05) is 30.3 Å². The molecule has 1 fully saturated rings. The van der Waals surface area contributed by atoms with Crippen LogP contribution in [0.5, 0.6) is 0 Å². The molecule has 4 rings (SSSR count). The number of hydrogen-bond donors (Lipinski definition) is 0. The molecule has 1 amide bonds. The molecule has 172 valence electrons. The molecule has 1 aliphatic heterocycles. The highest BCUT2D eigenvalue weighted by Gasteiger charge is 2.26. The van der Waals surface area contributed by atoms with Crippen LogP contribution in [0.3, 0.4) is 0 Å². The monoisotopic (exact) mass is 449 g/mol. The molecule has 1 unspecified atom stereocenters. The molecule has 0 radical (unpaired) electrons. The average Bonchev–Trinajstić information content (AvgIpc) is 3.34. The fraction of sp³-hybridized carbons (Fsp3) is 0.333. The second kappa shape index (κ2) is 10.4. The standard InChI is InChI=1S/C24H27N5O4/c1-19(17-26-13-15-33-16-14-26)27(18-20-5-3-2-4-6-20)24(30)23-11-12-28(25-23)21-7-9-22(10-8-21)29(31)32/h2-12,19H,13-18H2,1H3. The Bertz CT molecular complexity index is 1080. The number of carbonyl (C=O) groups excluding carboxylic acids is 1. The first kappa shape index (κ1) is 22.6. The highest BCUT2D eigenvalue weighted by atomic mass is 16.6. The SMILES string of the molecule is CC(CN1CCOCC1)N(Cc1ccccc1)C(=O)c1ccn(-c2ccc([N+](=O)[O-])cc2)n1. The topological polar surface area (TPSA) is 93.7 Å². The molecule has 2 heterocycles. The first-order chi connectivity index (χ1) is 16.0. The van der Waals surface area contributed by atoms with Crippen LogP contribution in [0.4, 0.5) is 5.69 Å². The molecular weight excluding hydrogens is 422 g/mol. The van der Waals surface area contributed by atoms with E-state index in [0.29, 0.717) is 31.1 Å². The molecule has 3 aromatic rings. The molecule has 0 N–H and O–H groups in total. The number of aromatic nitrogens is 2. The number of hydrogen-bond acceptors (Lipinski definition) is 6. The van der Waals surface area contributed by atoms with Crippen LogP contribution in [-0.4, -0.2) is 69.3 Å². The lowest BCUT2D eigenvalue weighted by Crippen LogP contribution is -2.48. The van der Waals surface area contributed by atoms with Gasteiger partial charge >= 0.3 is 0 Å². The summed E-state index contributed by atoms with van der Waals surface area (Å²) in [5.74, 6) is -0.153. The summed E-state index contributed by atoms with van der Waals surface area (Å²) in [5, 5.41) is 15.4. The third-order valence-corrected chi connectivity index (χ3v) is 5.75. The Hall–Kier alpha value is -3.56. The number of non-ortho nitro benzene ring substituents is 1. The minimum Gasteiger partial charge on any atom is -0.379 e. The van der Waals surface area contributed by atoms with Crippen molar-refractivity contribution in [3.05, 3.63) is 88.2 Å². The van der Waals surface area contributed by atoms with E-state index >= 15 is 0 Å². The normalized spacial score (nSPS) is 15.2. The predicted molar refractivity (Wildman–Crippen MR) is 123 cm³/mol. The number of nitrogens with zero attached hydrogens (tertiary/aromatic N) is 5. The lowest BCUT2D eigenvalue weighted by Gasteiger charge is -2.35. The van der Waals surface area contributed by atoms with Gasteiger partial charge in [0.1, 0.15) is 0 Å². The number of nitro groups is 1. The molecule has 0 aliphatic carbocycles. The zero-order chi connectivity index (χ0) is 23.2. The van der Waals surface area contributed by atoms with Gasteiger partial charge in [0.25, 0.3) is 11.6 Å². The quantitative estimate of drug-likeness (QED) is 0.387. The number of benzene rings is 2. The molecule has 2 aromatic carbocycles. The van der Waals surface area contributed by atoms with Gasteiger partial charge in [0.05, 0.1) is 23.8 Å². The fourth-order valence-electron chi connectivity index (χ4n) is 3.92. The van der Waals surface area contributed by atoms with Crippen LogP contribution < -0.4 is 0 Å². The average molecular weight is 450 g/mol. The Balaban J connectivity index is 1.54. The number of morpholine rings is 1. The summed E-state index contributed by atoms with van der Waals surface area (Å²) in [6.45, 7) is 6.42. The van der Waals surface area contributed by atoms with E-state index in [9.17, 15) is 14.9 Å².